The lowest BCUT2D eigenvalue weighted by atomic mass is 10.0. The number of pyridine rings is 1. The van der Waals surface area contributed by atoms with E-state index in [0.29, 0.717) is 11.8 Å². The van der Waals surface area contributed by atoms with Gasteiger partial charge in [-0.15, -0.1) is 0 Å². The van der Waals surface area contributed by atoms with Crippen LogP contribution in [0.4, 0.5) is 17.6 Å². The Balaban J connectivity index is 2.13. The van der Waals surface area contributed by atoms with Gasteiger partial charge in [0.25, 0.3) is 0 Å². The second kappa shape index (κ2) is 6.11. The normalized spacial score (nSPS) is 13.2. The first-order chi connectivity index (χ1) is 9.77. The van der Waals surface area contributed by atoms with Gasteiger partial charge in [-0.05, 0) is 45.8 Å². The Bertz CT molecular complexity index is 628. The molecule has 0 radical (unpaired) electrons. The number of aromatic nitrogens is 1. The van der Waals surface area contributed by atoms with E-state index in [1.54, 1.807) is 0 Å². The molecule has 1 aromatic carbocycles. The second-order valence-electron chi connectivity index (χ2n) is 4.44. The molecule has 2 rings (SSSR count). The quantitative estimate of drug-likeness (QED) is 0.825. The predicted molar refractivity (Wildman–Crippen MR) is 72.0 cm³/mol. The molecule has 112 valence electrons. The first-order valence-electron chi connectivity index (χ1n) is 5.92. The summed E-state index contributed by atoms with van der Waals surface area (Å²) >= 11 is 3.03. The topological polar surface area (TPSA) is 33.1 Å². The fraction of sp³-hybridized carbons (Fsp3) is 0.214. The molecule has 0 saturated heterocycles. The van der Waals surface area contributed by atoms with Gasteiger partial charge >= 0.3 is 6.18 Å². The van der Waals surface area contributed by atoms with E-state index in [4.69, 9.17) is 0 Å². The van der Waals surface area contributed by atoms with Gasteiger partial charge in [-0.1, -0.05) is 6.07 Å². The highest BCUT2D eigenvalue weighted by Gasteiger charge is 2.30. The van der Waals surface area contributed by atoms with Crippen molar-refractivity contribution in [2.24, 2.45) is 0 Å². The summed E-state index contributed by atoms with van der Waals surface area (Å²) in [6.45, 7) is 0. The zero-order chi connectivity index (χ0) is 15.6. The van der Waals surface area contributed by atoms with Gasteiger partial charge in [-0.2, -0.15) is 13.2 Å². The number of aliphatic hydroxyl groups is 1. The lowest BCUT2D eigenvalue weighted by Crippen LogP contribution is -2.09. The average molecular weight is 364 g/mol. The molecule has 2 aromatic rings. The minimum absolute atomic E-state index is 0.122. The second-order valence-corrected chi connectivity index (χ2v) is 5.29. The van der Waals surface area contributed by atoms with Crippen molar-refractivity contribution in [2.45, 2.75) is 18.7 Å². The summed E-state index contributed by atoms with van der Waals surface area (Å²) in [5.74, 6) is -0.430. The number of alkyl halides is 3. The Morgan fingerprint density at radius 1 is 1.19 bits per heavy atom. The van der Waals surface area contributed by atoms with Gasteiger partial charge in [-0.3, -0.25) is 4.98 Å². The number of hydrogen-bond donors (Lipinski definition) is 1. The van der Waals surface area contributed by atoms with Crippen molar-refractivity contribution in [3.05, 3.63) is 63.6 Å². The van der Waals surface area contributed by atoms with Crippen LogP contribution in [0.5, 0.6) is 0 Å². The van der Waals surface area contributed by atoms with Crippen LogP contribution in [0.3, 0.4) is 0 Å². The predicted octanol–water partition coefficient (Wildman–Crippen LogP) is 4.28. The van der Waals surface area contributed by atoms with E-state index in [-0.39, 0.29) is 16.6 Å². The van der Waals surface area contributed by atoms with Gasteiger partial charge in [-0.25, -0.2) is 4.39 Å². The summed E-state index contributed by atoms with van der Waals surface area (Å²) in [5, 5.41) is 9.98. The molecule has 0 fully saturated rings. The Kier molecular flexibility index (Phi) is 4.63. The molecule has 7 heteroatoms. The van der Waals surface area contributed by atoms with Crippen LogP contribution in [-0.2, 0) is 12.6 Å². The number of halogens is 5. The fourth-order valence-corrected chi connectivity index (χ4v) is 2.19. The summed E-state index contributed by atoms with van der Waals surface area (Å²) in [4.78, 5) is 3.63. The van der Waals surface area contributed by atoms with Crippen LogP contribution in [-0.4, -0.2) is 10.1 Å². The maximum atomic E-state index is 13.1. The third-order valence-corrected chi connectivity index (χ3v) is 3.48. The number of rotatable bonds is 3. The molecule has 1 atom stereocenters. The van der Waals surface area contributed by atoms with Crippen molar-refractivity contribution in [3.8, 4) is 0 Å². The van der Waals surface area contributed by atoms with Gasteiger partial charge in [0, 0.05) is 12.6 Å². The summed E-state index contributed by atoms with van der Waals surface area (Å²) in [7, 11) is 0. The third-order valence-electron chi connectivity index (χ3n) is 2.87. The van der Waals surface area contributed by atoms with Crippen molar-refractivity contribution < 1.29 is 22.7 Å². The maximum Gasteiger partial charge on any atom is 0.417 e. The molecule has 21 heavy (non-hydrogen) atoms. The van der Waals surface area contributed by atoms with Crippen LogP contribution in [0.2, 0.25) is 0 Å². The van der Waals surface area contributed by atoms with Gasteiger partial charge in [0.2, 0.25) is 0 Å². The highest BCUT2D eigenvalue weighted by atomic mass is 79.9. The fourth-order valence-electron chi connectivity index (χ4n) is 1.76. The van der Waals surface area contributed by atoms with Crippen LogP contribution in [0, 0.1) is 5.82 Å². The van der Waals surface area contributed by atoms with Crippen molar-refractivity contribution >= 4 is 15.9 Å². The summed E-state index contributed by atoms with van der Waals surface area (Å²) < 4.78 is 50.6. The molecule has 0 saturated carbocycles. The molecule has 0 bridgehead atoms. The summed E-state index contributed by atoms with van der Waals surface area (Å²) in [6.07, 6.45) is -4.72. The van der Waals surface area contributed by atoms with E-state index < -0.39 is 23.7 Å². The smallest absolute Gasteiger partial charge is 0.386 e. The lowest BCUT2D eigenvalue weighted by molar-refractivity contribution is -0.137. The van der Waals surface area contributed by atoms with Gasteiger partial charge in [0.05, 0.1) is 21.8 Å². The van der Waals surface area contributed by atoms with E-state index in [1.807, 2.05) is 0 Å². The SMILES string of the molecule is OC(Cc1ccc(F)c(Br)c1)c1ccc(C(F)(F)F)cn1. The molecule has 1 aromatic heterocycles. The minimum Gasteiger partial charge on any atom is -0.386 e. The first-order valence-corrected chi connectivity index (χ1v) is 6.72. The monoisotopic (exact) mass is 363 g/mol. The van der Waals surface area contributed by atoms with Crippen LogP contribution in [0.15, 0.2) is 41.0 Å². The molecule has 0 aliphatic heterocycles. The zero-order valence-corrected chi connectivity index (χ0v) is 12.1. The molecule has 0 aliphatic rings. The highest BCUT2D eigenvalue weighted by Crippen LogP contribution is 2.29. The van der Waals surface area contributed by atoms with E-state index >= 15 is 0 Å². The minimum atomic E-state index is -4.46. The van der Waals surface area contributed by atoms with Crippen molar-refractivity contribution in [3.63, 3.8) is 0 Å². The standard InChI is InChI=1S/C14H10BrF4NO/c15-10-5-8(1-3-11(10)16)6-13(21)12-4-2-9(7-20-12)14(17,18)19/h1-5,7,13,21H,6H2. The van der Waals surface area contributed by atoms with E-state index in [1.165, 1.54) is 18.2 Å². The lowest BCUT2D eigenvalue weighted by Gasteiger charge is -2.12. The number of benzene rings is 1. The largest absolute Gasteiger partial charge is 0.417 e. The molecular formula is C14H10BrF4NO. The number of hydrogen-bond acceptors (Lipinski definition) is 2. The van der Waals surface area contributed by atoms with Crippen LogP contribution >= 0.6 is 15.9 Å². The van der Waals surface area contributed by atoms with E-state index in [0.717, 1.165) is 12.1 Å². The average Bonchev–Trinajstić information content (AvgIpc) is 2.42. The Hall–Kier alpha value is -1.47. The molecule has 1 heterocycles. The Labute approximate surface area is 126 Å². The molecule has 1 N–H and O–H groups in total. The number of nitrogens with zero attached hydrogens (tertiary/aromatic N) is 1. The van der Waals surface area contributed by atoms with Crippen LogP contribution in [0.25, 0.3) is 0 Å². The number of aliphatic hydroxyl groups excluding tert-OH is 1. The van der Waals surface area contributed by atoms with Crippen molar-refractivity contribution in [2.75, 3.05) is 0 Å². The van der Waals surface area contributed by atoms with Gasteiger partial charge in [0.15, 0.2) is 0 Å². The summed E-state index contributed by atoms with van der Waals surface area (Å²) in [6, 6.07) is 6.24. The Morgan fingerprint density at radius 3 is 2.43 bits per heavy atom. The molecule has 0 amide bonds. The van der Waals surface area contributed by atoms with Crippen LogP contribution < -0.4 is 0 Å². The molecule has 2 nitrogen and oxygen atoms in total. The third kappa shape index (κ3) is 4.01. The van der Waals surface area contributed by atoms with Crippen molar-refractivity contribution in [1.29, 1.82) is 0 Å². The van der Waals surface area contributed by atoms with Crippen LogP contribution in [0.1, 0.15) is 22.9 Å². The van der Waals surface area contributed by atoms with Crippen molar-refractivity contribution in [1.82, 2.24) is 4.98 Å². The molecule has 1 unspecified atom stereocenters. The Morgan fingerprint density at radius 2 is 1.90 bits per heavy atom. The maximum absolute atomic E-state index is 13.1. The van der Waals surface area contributed by atoms with Gasteiger partial charge < -0.3 is 5.11 Å². The van der Waals surface area contributed by atoms with Gasteiger partial charge in [0.1, 0.15) is 5.82 Å². The summed E-state index contributed by atoms with van der Waals surface area (Å²) in [5.41, 5.74) is -0.108. The molecule has 0 aliphatic carbocycles. The highest BCUT2D eigenvalue weighted by molar-refractivity contribution is 9.10. The first kappa shape index (κ1) is 15.9. The zero-order valence-electron chi connectivity index (χ0n) is 10.5. The molecular weight excluding hydrogens is 354 g/mol. The molecule has 0 spiro atoms. The van der Waals surface area contributed by atoms with E-state index in [2.05, 4.69) is 20.9 Å². The van der Waals surface area contributed by atoms with E-state index in [9.17, 15) is 22.7 Å².